The lowest BCUT2D eigenvalue weighted by atomic mass is 9.92. The van der Waals surface area contributed by atoms with Crippen molar-refractivity contribution in [1.29, 1.82) is 5.26 Å². The molecule has 0 fully saturated rings. The number of ether oxygens (including phenoxy) is 1. The van der Waals surface area contributed by atoms with E-state index in [1.165, 1.54) is 5.56 Å². The molecule has 0 radical (unpaired) electrons. The molecule has 1 aromatic carbocycles. The number of carbonyl (C=O) groups is 1. The molecule has 0 atom stereocenters. The Kier molecular flexibility index (Phi) is 5.70. The first-order chi connectivity index (χ1) is 14.6. The Morgan fingerprint density at radius 1 is 1.27 bits per heavy atom. The first-order valence-electron chi connectivity index (χ1n) is 9.90. The van der Waals surface area contributed by atoms with Gasteiger partial charge in [0.25, 0.3) is 0 Å². The number of Topliss-reactive ketones (excluding diaryl/α,β-unsaturated/α-hetero) is 1. The maximum Gasteiger partial charge on any atom is 0.188 e. The van der Waals surface area contributed by atoms with Crippen LogP contribution in [0.3, 0.4) is 0 Å². The SMILES string of the molecule is Cc1cc(-n2cc(CNCCc3ccc4c(c3C)COCC4=O)cn2)ncc1C#N. The van der Waals surface area contributed by atoms with Crippen molar-refractivity contribution in [3.05, 3.63) is 75.7 Å². The summed E-state index contributed by atoms with van der Waals surface area (Å²) in [6, 6.07) is 7.96. The third-order valence-corrected chi connectivity index (χ3v) is 5.48. The number of pyridine rings is 1. The van der Waals surface area contributed by atoms with Crippen molar-refractivity contribution in [1.82, 2.24) is 20.1 Å². The van der Waals surface area contributed by atoms with Crippen LogP contribution in [0.4, 0.5) is 0 Å². The second-order valence-electron chi connectivity index (χ2n) is 7.48. The molecule has 152 valence electrons. The van der Waals surface area contributed by atoms with E-state index < -0.39 is 0 Å². The zero-order chi connectivity index (χ0) is 21.1. The van der Waals surface area contributed by atoms with Crippen molar-refractivity contribution < 1.29 is 9.53 Å². The molecule has 1 aliphatic heterocycles. The van der Waals surface area contributed by atoms with Crippen LogP contribution in [0.15, 0.2) is 36.8 Å². The molecule has 30 heavy (non-hydrogen) atoms. The molecule has 2 aromatic heterocycles. The molecular weight excluding hydrogens is 378 g/mol. The molecule has 0 bridgehead atoms. The van der Waals surface area contributed by atoms with Crippen molar-refractivity contribution in [2.75, 3.05) is 13.2 Å². The van der Waals surface area contributed by atoms with E-state index in [4.69, 9.17) is 10.00 Å². The number of aryl methyl sites for hydroxylation is 1. The molecule has 0 saturated heterocycles. The van der Waals surface area contributed by atoms with Crippen LogP contribution < -0.4 is 5.32 Å². The van der Waals surface area contributed by atoms with E-state index in [2.05, 4.69) is 34.5 Å². The van der Waals surface area contributed by atoms with Crippen molar-refractivity contribution in [2.24, 2.45) is 0 Å². The quantitative estimate of drug-likeness (QED) is 0.639. The molecule has 0 saturated carbocycles. The summed E-state index contributed by atoms with van der Waals surface area (Å²) in [6.45, 7) is 6.15. The third kappa shape index (κ3) is 4.01. The Morgan fingerprint density at radius 2 is 2.13 bits per heavy atom. The topological polar surface area (TPSA) is 92.8 Å². The molecule has 4 rings (SSSR count). The molecule has 0 aliphatic carbocycles. The van der Waals surface area contributed by atoms with E-state index in [1.54, 1.807) is 10.9 Å². The second kappa shape index (κ2) is 8.57. The molecule has 0 unspecified atom stereocenters. The number of rotatable bonds is 6. The maximum absolute atomic E-state index is 12.0. The molecule has 7 nitrogen and oxygen atoms in total. The zero-order valence-electron chi connectivity index (χ0n) is 17.1. The predicted octanol–water partition coefficient (Wildman–Crippen LogP) is 2.80. The number of nitrogens with one attached hydrogen (secondary N) is 1. The van der Waals surface area contributed by atoms with Crippen LogP contribution in [0.25, 0.3) is 5.82 Å². The molecule has 3 aromatic rings. The van der Waals surface area contributed by atoms with Gasteiger partial charge >= 0.3 is 0 Å². The maximum atomic E-state index is 12.0. The van der Waals surface area contributed by atoms with E-state index in [9.17, 15) is 4.79 Å². The highest BCUT2D eigenvalue weighted by molar-refractivity contribution is 5.99. The van der Waals surface area contributed by atoms with Crippen LogP contribution in [0.1, 0.15) is 43.7 Å². The van der Waals surface area contributed by atoms with Crippen LogP contribution >= 0.6 is 0 Å². The number of nitrogens with zero attached hydrogens (tertiary/aromatic N) is 4. The number of carbonyl (C=O) groups excluding carboxylic acids is 1. The van der Waals surface area contributed by atoms with Gasteiger partial charge in [-0.2, -0.15) is 10.4 Å². The zero-order valence-corrected chi connectivity index (χ0v) is 17.1. The second-order valence-corrected chi connectivity index (χ2v) is 7.48. The van der Waals surface area contributed by atoms with Gasteiger partial charge in [-0.25, -0.2) is 9.67 Å². The van der Waals surface area contributed by atoms with E-state index in [1.807, 2.05) is 31.5 Å². The van der Waals surface area contributed by atoms with Crippen LogP contribution in [-0.2, 0) is 24.3 Å². The summed E-state index contributed by atoms with van der Waals surface area (Å²) in [5.41, 5.74) is 6.71. The lowest BCUT2D eigenvalue weighted by molar-refractivity contribution is 0.0663. The normalized spacial score (nSPS) is 13.2. The van der Waals surface area contributed by atoms with Crippen LogP contribution in [0, 0.1) is 25.2 Å². The third-order valence-electron chi connectivity index (χ3n) is 5.48. The van der Waals surface area contributed by atoms with Gasteiger partial charge in [-0.15, -0.1) is 0 Å². The van der Waals surface area contributed by atoms with Gasteiger partial charge in [-0.3, -0.25) is 4.79 Å². The fraction of sp³-hybridized carbons (Fsp3) is 0.304. The first kappa shape index (κ1) is 20.0. The Bertz CT molecular complexity index is 1140. The van der Waals surface area contributed by atoms with Crippen molar-refractivity contribution in [2.45, 2.75) is 33.4 Å². The van der Waals surface area contributed by atoms with Gasteiger partial charge in [0.1, 0.15) is 12.7 Å². The minimum Gasteiger partial charge on any atom is -0.369 e. The average molecular weight is 401 g/mol. The van der Waals surface area contributed by atoms with E-state index in [0.29, 0.717) is 24.5 Å². The summed E-state index contributed by atoms with van der Waals surface area (Å²) >= 11 is 0. The Hall–Kier alpha value is -3.34. The number of nitriles is 1. The van der Waals surface area contributed by atoms with Gasteiger partial charge in [0.15, 0.2) is 11.6 Å². The van der Waals surface area contributed by atoms with Crippen molar-refractivity contribution >= 4 is 5.78 Å². The van der Waals surface area contributed by atoms with Crippen molar-refractivity contribution in [3.63, 3.8) is 0 Å². The molecule has 1 aliphatic rings. The molecule has 7 heteroatoms. The average Bonchev–Trinajstić information content (AvgIpc) is 3.22. The van der Waals surface area contributed by atoms with Crippen LogP contribution in [0.5, 0.6) is 0 Å². The monoisotopic (exact) mass is 401 g/mol. The lowest BCUT2D eigenvalue weighted by Gasteiger charge is -2.20. The number of hydrogen-bond donors (Lipinski definition) is 1. The molecule has 1 N–H and O–H groups in total. The Morgan fingerprint density at radius 3 is 2.93 bits per heavy atom. The number of benzene rings is 1. The number of ketones is 1. The highest BCUT2D eigenvalue weighted by Crippen LogP contribution is 2.24. The highest BCUT2D eigenvalue weighted by Gasteiger charge is 2.20. The smallest absolute Gasteiger partial charge is 0.188 e. The summed E-state index contributed by atoms with van der Waals surface area (Å²) in [5.74, 6) is 0.757. The fourth-order valence-corrected chi connectivity index (χ4v) is 3.66. The predicted molar refractivity (Wildman–Crippen MR) is 111 cm³/mol. The molecule has 3 heterocycles. The van der Waals surface area contributed by atoms with Gasteiger partial charge in [0.05, 0.1) is 18.4 Å². The molecular formula is C23H23N5O2. The minimum atomic E-state index is 0.0629. The van der Waals surface area contributed by atoms with Gasteiger partial charge < -0.3 is 10.1 Å². The van der Waals surface area contributed by atoms with E-state index in [0.717, 1.165) is 40.8 Å². The molecule has 0 amide bonds. The van der Waals surface area contributed by atoms with Crippen molar-refractivity contribution in [3.8, 4) is 11.9 Å². The Balaban J connectivity index is 1.34. The molecule has 0 spiro atoms. The summed E-state index contributed by atoms with van der Waals surface area (Å²) in [4.78, 5) is 16.3. The minimum absolute atomic E-state index is 0.0629. The largest absolute Gasteiger partial charge is 0.369 e. The summed E-state index contributed by atoms with van der Waals surface area (Å²) < 4.78 is 7.11. The Labute approximate surface area is 175 Å². The van der Waals surface area contributed by atoms with Gasteiger partial charge in [-0.1, -0.05) is 12.1 Å². The fourth-order valence-electron chi connectivity index (χ4n) is 3.66. The van der Waals surface area contributed by atoms with E-state index in [-0.39, 0.29) is 12.4 Å². The number of fused-ring (bicyclic) bond motifs is 1. The standard InChI is InChI=1S/C23H23N5O2/c1-15-7-23(26-11-19(15)8-24)28-12-17(10-27-28)9-25-6-5-18-3-4-20-21(16(18)2)13-30-14-22(20)29/h3-4,7,10-12,25H,5-6,9,13-14H2,1-2H3. The number of hydrogen-bond acceptors (Lipinski definition) is 6. The summed E-state index contributed by atoms with van der Waals surface area (Å²) in [6.07, 6.45) is 6.20. The number of aromatic nitrogens is 3. The van der Waals surface area contributed by atoms with E-state index >= 15 is 0 Å². The summed E-state index contributed by atoms with van der Waals surface area (Å²) in [5, 5.41) is 16.9. The van der Waals surface area contributed by atoms with Crippen LogP contribution in [-0.4, -0.2) is 33.7 Å². The van der Waals surface area contributed by atoms with Gasteiger partial charge in [-0.05, 0) is 55.1 Å². The van der Waals surface area contributed by atoms with Gasteiger partial charge in [0.2, 0.25) is 0 Å². The highest BCUT2D eigenvalue weighted by atomic mass is 16.5. The lowest BCUT2D eigenvalue weighted by Crippen LogP contribution is -2.21. The van der Waals surface area contributed by atoms with Crippen LogP contribution in [0.2, 0.25) is 0 Å². The first-order valence-corrected chi connectivity index (χ1v) is 9.90. The summed E-state index contributed by atoms with van der Waals surface area (Å²) in [7, 11) is 0. The van der Waals surface area contributed by atoms with Gasteiger partial charge in [0, 0.05) is 30.1 Å².